The Kier molecular flexibility index (Phi) is 4.18. The van der Waals surface area contributed by atoms with Crippen LogP contribution in [0.5, 0.6) is 0 Å². The zero-order valence-corrected chi connectivity index (χ0v) is 19.9. The lowest BCUT2D eigenvalue weighted by molar-refractivity contribution is 0.00578. The Morgan fingerprint density at radius 1 is 0.848 bits per heavy atom. The van der Waals surface area contributed by atoms with Crippen LogP contribution in [0, 0.1) is 0 Å². The lowest BCUT2D eigenvalue weighted by Gasteiger charge is -2.32. The van der Waals surface area contributed by atoms with E-state index in [0.29, 0.717) is 0 Å². The number of hydrogen-bond acceptors (Lipinski definition) is 2. The number of nitrogens with zero attached hydrogens (tertiary/aromatic N) is 1. The Bertz CT molecular complexity index is 1590. The third-order valence-electron chi connectivity index (χ3n) is 7.71. The van der Waals surface area contributed by atoms with Crippen LogP contribution in [0.25, 0.3) is 43.7 Å². The van der Waals surface area contributed by atoms with Crippen LogP contribution in [0.4, 0.5) is 0 Å². The maximum atomic E-state index is 6.36. The molecule has 0 amide bonds. The van der Waals surface area contributed by atoms with Gasteiger partial charge in [-0.15, -0.1) is 0 Å². The molecule has 1 aliphatic heterocycles. The maximum absolute atomic E-state index is 6.36. The number of allylic oxidation sites excluding steroid dienone is 3. The van der Waals surface area contributed by atoms with E-state index < -0.39 is 0 Å². The minimum absolute atomic E-state index is 0.365. The standard InChI is InChI=1S/C29H28BNO2/c1-7-18(8-2)19-15-23-21-11-9-10-12-25(21)31-26-14-13-20(17-22(26)24(16-19)27(23)31)30-32-28(3,4)29(5,6)33-30/h7-17H,1H2,2-6H3/b18-8+. The molecule has 33 heavy (non-hydrogen) atoms. The lowest BCUT2D eigenvalue weighted by Crippen LogP contribution is -2.41. The SMILES string of the molecule is C=C/C(=C\C)c1cc2c3ccccc3n3c4ccc(B5OC(C)(C)C(C)(C)O5)cc4c(c1)c23. The number of benzene rings is 3. The summed E-state index contributed by atoms with van der Waals surface area (Å²) in [6, 6.07) is 19.9. The van der Waals surface area contributed by atoms with Crippen molar-refractivity contribution in [2.45, 2.75) is 45.8 Å². The average molecular weight is 433 g/mol. The molecule has 0 atom stereocenters. The van der Waals surface area contributed by atoms with E-state index >= 15 is 0 Å². The maximum Gasteiger partial charge on any atom is 0.494 e. The van der Waals surface area contributed by atoms with Gasteiger partial charge in [0, 0.05) is 21.5 Å². The fraction of sp³-hybridized carbons (Fsp3) is 0.241. The van der Waals surface area contributed by atoms with E-state index in [2.05, 4.69) is 106 Å². The lowest BCUT2D eigenvalue weighted by atomic mass is 9.78. The van der Waals surface area contributed by atoms with E-state index in [1.165, 1.54) is 43.7 Å². The van der Waals surface area contributed by atoms with Gasteiger partial charge in [0.05, 0.1) is 27.8 Å². The average Bonchev–Trinajstić information content (AvgIpc) is 3.37. The van der Waals surface area contributed by atoms with Crippen LogP contribution in [0.3, 0.4) is 0 Å². The van der Waals surface area contributed by atoms with Gasteiger partial charge < -0.3 is 13.7 Å². The fourth-order valence-electron chi connectivity index (χ4n) is 5.21. The van der Waals surface area contributed by atoms with Gasteiger partial charge in [-0.2, -0.15) is 0 Å². The molecule has 0 aliphatic carbocycles. The molecule has 0 spiro atoms. The van der Waals surface area contributed by atoms with Crippen LogP contribution in [-0.2, 0) is 9.31 Å². The number of fused-ring (bicyclic) bond motifs is 6. The topological polar surface area (TPSA) is 22.9 Å². The molecular weight excluding hydrogens is 405 g/mol. The summed E-state index contributed by atoms with van der Waals surface area (Å²) in [5, 5.41) is 5.01. The van der Waals surface area contributed by atoms with Gasteiger partial charge in [-0.1, -0.05) is 49.1 Å². The van der Waals surface area contributed by atoms with E-state index in [1.54, 1.807) is 0 Å². The third kappa shape index (κ3) is 2.71. The highest BCUT2D eigenvalue weighted by Crippen LogP contribution is 2.41. The van der Waals surface area contributed by atoms with E-state index in [4.69, 9.17) is 9.31 Å². The van der Waals surface area contributed by atoms with Gasteiger partial charge in [0.1, 0.15) is 0 Å². The van der Waals surface area contributed by atoms with E-state index in [0.717, 1.165) is 11.0 Å². The highest BCUT2D eigenvalue weighted by Gasteiger charge is 2.51. The van der Waals surface area contributed by atoms with Crippen molar-refractivity contribution in [1.82, 2.24) is 4.40 Å². The predicted molar refractivity (Wildman–Crippen MR) is 141 cm³/mol. The quantitative estimate of drug-likeness (QED) is 0.233. The predicted octanol–water partition coefficient (Wildman–Crippen LogP) is 6.73. The van der Waals surface area contributed by atoms with Gasteiger partial charge in [-0.05, 0) is 75.5 Å². The molecule has 3 aromatic carbocycles. The second-order valence-corrected chi connectivity index (χ2v) is 10.1. The Labute approximate surface area is 194 Å². The van der Waals surface area contributed by atoms with Gasteiger partial charge >= 0.3 is 7.12 Å². The van der Waals surface area contributed by atoms with Crippen molar-refractivity contribution in [3.05, 3.63) is 78.9 Å². The molecule has 2 aromatic heterocycles. The molecule has 164 valence electrons. The first-order valence-corrected chi connectivity index (χ1v) is 11.6. The van der Waals surface area contributed by atoms with Gasteiger partial charge in [0.15, 0.2) is 0 Å². The van der Waals surface area contributed by atoms with Gasteiger partial charge in [-0.3, -0.25) is 0 Å². The van der Waals surface area contributed by atoms with Crippen molar-refractivity contribution in [3.63, 3.8) is 0 Å². The number of aromatic nitrogens is 1. The molecule has 0 unspecified atom stereocenters. The van der Waals surface area contributed by atoms with Crippen molar-refractivity contribution in [3.8, 4) is 0 Å². The molecule has 1 aliphatic rings. The largest absolute Gasteiger partial charge is 0.494 e. The molecule has 3 nitrogen and oxygen atoms in total. The molecule has 0 saturated carbocycles. The molecule has 0 radical (unpaired) electrons. The highest BCUT2D eigenvalue weighted by molar-refractivity contribution is 6.62. The van der Waals surface area contributed by atoms with Crippen molar-refractivity contribution >= 4 is 56.2 Å². The van der Waals surface area contributed by atoms with Crippen LogP contribution in [0.1, 0.15) is 40.2 Å². The monoisotopic (exact) mass is 433 g/mol. The van der Waals surface area contributed by atoms with Gasteiger partial charge in [-0.25, -0.2) is 0 Å². The molecule has 0 N–H and O–H groups in total. The minimum atomic E-state index is -0.380. The van der Waals surface area contributed by atoms with Crippen molar-refractivity contribution in [2.75, 3.05) is 0 Å². The Morgan fingerprint density at radius 2 is 1.48 bits per heavy atom. The van der Waals surface area contributed by atoms with Crippen LogP contribution in [-0.4, -0.2) is 22.7 Å². The normalized spacial score (nSPS) is 18.3. The molecule has 3 heterocycles. The van der Waals surface area contributed by atoms with E-state index in [1.807, 2.05) is 6.08 Å². The molecular formula is C29H28BNO2. The zero-order valence-electron chi connectivity index (χ0n) is 19.9. The first-order valence-electron chi connectivity index (χ1n) is 11.6. The summed E-state index contributed by atoms with van der Waals surface area (Å²) in [4.78, 5) is 0. The van der Waals surface area contributed by atoms with Crippen molar-refractivity contribution < 1.29 is 9.31 Å². The van der Waals surface area contributed by atoms with Crippen molar-refractivity contribution in [1.29, 1.82) is 0 Å². The zero-order chi connectivity index (χ0) is 23.1. The highest BCUT2D eigenvalue weighted by atomic mass is 16.7. The molecule has 0 bridgehead atoms. The number of rotatable bonds is 3. The summed E-state index contributed by atoms with van der Waals surface area (Å²) in [5.74, 6) is 0. The van der Waals surface area contributed by atoms with E-state index in [-0.39, 0.29) is 18.3 Å². The van der Waals surface area contributed by atoms with Gasteiger partial charge in [0.25, 0.3) is 0 Å². The fourth-order valence-corrected chi connectivity index (χ4v) is 5.21. The van der Waals surface area contributed by atoms with Crippen molar-refractivity contribution in [2.24, 2.45) is 0 Å². The van der Waals surface area contributed by atoms with E-state index in [9.17, 15) is 0 Å². The summed E-state index contributed by atoms with van der Waals surface area (Å²) in [5.41, 5.74) is 6.35. The Morgan fingerprint density at radius 3 is 2.15 bits per heavy atom. The first-order chi connectivity index (χ1) is 15.8. The molecule has 1 fully saturated rings. The Balaban J connectivity index is 1.68. The Hall–Kier alpha value is -3.08. The van der Waals surface area contributed by atoms with Crippen LogP contribution in [0.2, 0.25) is 0 Å². The van der Waals surface area contributed by atoms with Crippen LogP contribution >= 0.6 is 0 Å². The smallest absolute Gasteiger partial charge is 0.399 e. The number of hydrogen-bond donors (Lipinski definition) is 0. The third-order valence-corrected chi connectivity index (χ3v) is 7.71. The molecule has 1 saturated heterocycles. The van der Waals surface area contributed by atoms with Crippen LogP contribution in [0.15, 0.2) is 73.3 Å². The summed E-state index contributed by atoms with van der Waals surface area (Å²) >= 11 is 0. The second kappa shape index (κ2) is 6.72. The summed E-state index contributed by atoms with van der Waals surface area (Å²) in [6.07, 6.45) is 4.06. The second-order valence-electron chi connectivity index (χ2n) is 10.1. The number of para-hydroxylation sites is 1. The van der Waals surface area contributed by atoms with Gasteiger partial charge in [0.2, 0.25) is 0 Å². The summed E-state index contributed by atoms with van der Waals surface area (Å²) < 4.78 is 15.1. The molecule has 6 rings (SSSR count). The van der Waals surface area contributed by atoms with Crippen LogP contribution < -0.4 is 5.46 Å². The first kappa shape index (κ1) is 20.5. The summed E-state index contributed by atoms with van der Waals surface area (Å²) in [6.45, 7) is 14.5. The molecule has 4 heteroatoms. The molecule has 5 aromatic rings. The summed E-state index contributed by atoms with van der Waals surface area (Å²) in [7, 11) is -0.380. The minimum Gasteiger partial charge on any atom is -0.399 e.